The molecule has 3 atom stereocenters. The van der Waals surface area contributed by atoms with Crippen LogP contribution >= 0.6 is 0 Å². The molecule has 0 spiro atoms. The molecule has 0 saturated heterocycles. The lowest BCUT2D eigenvalue weighted by Gasteiger charge is -2.39. The molecule has 0 aliphatic heterocycles. The third kappa shape index (κ3) is 1.76. The van der Waals surface area contributed by atoms with E-state index in [1.807, 2.05) is 0 Å². The van der Waals surface area contributed by atoms with Crippen LogP contribution in [0.15, 0.2) is 0 Å². The van der Waals surface area contributed by atoms with Gasteiger partial charge in [0.15, 0.2) is 0 Å². The lowest BCUT2D eigenvalue weighted by atomic mass is 9.64. The van der Waals surface area contributed by atoms with Crippen LogP contribution in [0.25, 0.3) is 0 Å². The molecule has 1 unspecified atom stereocenters. The van der Waals surface area contributed by atoms with Crippen LogP contribution in [0.1, 0.15) is 45.4 Å². The number of hydrogen-bond donors (Lipinski definition) is 0. The van der Waals surface area contributed by atoms with Crippen LogP contribution in [0.3, 0.4) is 0 Å². The number of rotatable bonds is 2. The summed E-state index contributed by atoms with van der Waals surface area (Å²) in [6.45, 7) is 2.19. The molecule has 0 aromatic heterocycles. The summed E-state index contributed by atoms with van der Waals surface area (Å²) >= 11 is 0. The Labute approximate surface area is 96.5 Å². The molecule has 16 heavy (non-hydrogen) atoms. The van der Waals surface area contributed by atoms with Gasteiger partial charge in [-0.25, -0.2) is 0 Å². The Kier molecular flexibility index (Phi) is 3.04. The van der Waals surface area contributed by atoms with Gasteiger partial charge in [-0.15, -0.1) is 0 Å². The zero-order chi connectivity index (χ0) is 11.8. The average molecular weight is 224 g/mol. The normalized spacial score (nSPS) is 38.2. The standard InChI is InChI=1S/C13H20O3/c1-13-7-3-4-11(14)10(13)6-5-9(13)8-12(15)16-2/h9-10H,3-8H2,1-2H3/t9?,10-,13-/m0/s1. The quantitative estimate of drug-likeness (QED) is 0.676. The Balaban J connectivity index is 2.12. The molecule has 0 N–H and O–H groups in total. The smallest absolute Gasteiger partial charge is 0.305 e. The highest BCUT2D eigenvalue weighted by Gasteiger charge is 2.51. The number of fused-ring (bicyclic) bond motifs is 1. The largest absolute Gasteiger partial charge is 0.469 e. The number of ether oxygens (including phenoxy) is 1. The summed E-state index contributed by atoms with van der Waals surface area (Å²) in [6.07, 6.45) is 5.27. The summed E-state index contributed by atoms with van der Waals surface area (Å²) in [6, 6.07) is 0. The van der Waals surface area contributed by atoms with Crippen LogP contribution in [-0.2, 0) is 14.3 Å². The Morgan fingerprint density at radius 2 is 2.25 bits per heavy atom. The second-order valence-electron chi connectivity index (χ2n) is 5.43. The number of methoxy groups -OCH3 is 1. The van der Waals surface area contributed by atoms with E-state index in [1.54, 1.807) is 0 Å². The molecular weight excluding hydrogens is 204 g/mol. The molecule has 0 amide bonds. The van der Waals surface area contributed by atoms with Crippen LogP contribution in [0.4, 0.5) is 0 Å². The highest BCUT2D eigenvalue weighted by Crippen LogP contribution is 2.55. The molecule has 0 heterocycles. The maximum Gasteiger partial charge on any atom is 0.305 e. The zero-order valence-corrected chi connectivity index (χ0v) is 10.1. The van der Waals surface area contributed by atoms with E-state index in [4.69, 9.17) is 4.74 Å². The zero-order valence-electron chi connectivity index (χ0n) is 10.1. The Hall–Kier alpha value is -0.860. The van der Waals surface area contributed by atoms with E-state index in [-0.39, 0.29) is 17.3 Å². The fourth-order valence-corrected chi connectivity index (χ4v) is 3.66. The van der Waals surface area contributed by atoms with Gasteiger partial charge in [-0.1, -0.05) is 6.92 Å². The van der Waals surface area contributed by atoms with Crippen molar-refractivity contribution in [2.24, 2.45) is 17.3 Å². The molecule has 2 aliphatic carbocycles. The van der Waals surface area contributed by atoms with E-state index in [1.165, 1.54) is 7.11 Å². The molecule has 0 aromatic carbocycles. The van der Waals surface area contributed by atoms with Gasteiger partial charge in [-0.05, 0) is 37.0 Å². The summed E-state index contributed by atoms with van der Waals surface area (Å²) in [5.41, 5.74) is 0.0591. The van der Waals surface area contributed by atoms with Crippen molar-refractivity contribution in [2.75, 3.05) is 7.11 Å². The van der Waals surface area contributed by atoms with Crippen molar-refractivity contribution in [1.82, 2.24) is 0 Å². The average Bonchev–Trinajstić information content (AvgIpc) is 2.57. The van der Waals surface area contributed by atoms with Crippen LogP contribution in [0.2, 0.25) is 0 Å². The first-order valence-corrected chi connectivity index (χ1v) is 6.17. The molecule has 2 saturated carbocycles. The van der Waals surface area contributed by atoms with E-state index in [0.717, 1.165) is 32.1 Å². The number of esters is 1. The molecular formula is C13H20O3. The van der Waals surface area contributed by atoms with Crippen LogP contribution in [0, 0.1) is 17.3 Å². The van der Waals surface area contributed by atoms with Gasteiger partial charge >= 0.3 is 5.97 Å². The van der Waals surface area contributed by atoms with Gasteiger partial charge in [0.05, 0.1) is 7.11 Å². The van der Waals surface area contributed by atoms with Crippen molar-refractivity contribution < 1.29 is 14.3 Å². The minimum absolute atomic E-state index is 0.0591. The van der Waals surface area contributed by atoms with Gasteiger partial charge in [0.25, 0.3) is 0 Å². The van der Waals surface area contributed by atoms with E-state index in [9.17, 15) is 9.59 Å². The molecule has 90 valence electrons. The monoisotopic (exact) mass is 224 g/mol. The van der Waals surface area contributed by atoms with Crippen molar-refractivity contribution in [1.29, 1.82) is 0 Å². The van der Waals surface area contributed by atoms with Crippen LogP contribution in [-0.4, -0.2) is 18.9 Å². The Morgan fingerprint density at radius 3 is 2.94 bits per heavy atom. The molecule has 0 radical (unpaired) electrons. The summed E-state index contributed by atoms with van der Waals surface area (Å²) in [5, 5.41) is 0. The number of carbonyl (C=O) groups excluding carboxylic acids is 2. The summed E-state index contributed by atoms with van der Waals surface area (Å²) < 4.78 is 4.74. The third-order valence-corrected chi connectivity index (χ3v) is 4.70. The van der Waals surface area contributed by atoms with Crippen LogP contribution < -0.4 is 0 Å². The first-order chi connectivity index (χ1) is 7.58. The summed E-state index contributed by atoms with van der Waals surface area (Å²) in [7, 11) is 1.43. The number of ketones is 1. The molecule has 3 heteroatoms. The fraction of sp³-hybridized carbons (Fsp3) is 0.846. The second kappa shape index (κ2) is 4.19. The fourth-order valence-electron chi connectivity index (χ4n) is 3.66. The van der Waals surface area contributed by atoms with Crippen molar-refractivity contribution in [3.8, 4) is 0 Å². The van der Waals surface area contributed by atoms with Crippen molar-refractivity contribution in [3.05, 3.63) is 0 Å². The lowest BCUT2D eigenvalue weighted by Crippen LogP contribution is -2.38. The Bertz CT molecular complexity index is 310. The highest BCUT2D eigenvalue weighted by molar-refractivity contribution is 5.83. The van der Waals surface area contributed by atoms with Crippen LogP contribution in [0.5, 0.6) is 0 Å². The van der Waals surface area contributed by atoms with E-state index in [0.29, 0.717) is 18.1 Å². The van der Waals surface area contributed by atoms with Crippen molar-refractivity contribution >= 4 is 11.8 Å². The molecule has 2 fully saturated rings. The number of carbonyl (C=O) groups is 2. The molecule has 3 nitrogen and oxygen atoms in total. The number of hydrogen-bond acceptors (Lipinski definition) is 3. The summed E-state index contributed by atoms with van der Waals surface area (Å²) in [5.74, 6) is 0.830. The maximum atomic E-state index is 11.9. The maximum absolute atomic E-state index is 11.9. The van der Waals surface area contributed by atoms with Gasteiger partial charge in [-0.2, -0.15) is 0 Å². The van der Waals surface area contributed by atoms with E-state index >= 15 is 0 Å². The SMILES string of the molecule is COC(=O)CC1CC[C@H]2C(=O)CCC[C@@]12C. The van der Waals surface area contributed by atoms with Gasteiger partial charge < -0.3 is 4.74 Å². The van der Waals surface area contributed by atoms with Gasteiger partial charge in [-0.3, -0.25) is 9.59 Å². The first kappa shape index (κ1) is 11.6. The van der Waals surface area contributed by atoms with Gasteiger partial charge in [0.1, 0.15) is 5.78 Å². The Morgan fingerprint density at radius 1 is 1.50 bits per heavy atom. The molecule has 2 aliphatic rings. The topological polar surface area (TPSA) is 43.4 Å². The number of Topliss-reactive ketones (excluding diaryl/α,β-unsaturated/α-hetero) is 1. The molecule has 2 rings (SSSR count). The van der Waals surface area contributed by atoms with Crippen molar-refractivity contribution in [3.63, 3.8) is 0 Å². The highest BCUT2D eigenvalue weighted by atomic mass is 16.5. The van der Waals surface area contributed by atoms with Crippen molar-refractivity contribution in [2.45, 2.75) is 45.4 Å². The molecule has 0 bridgehead atoms. The predicted octanol–water partition coefficient (Wildman–Crippen LogP) is 2.33. The molecule has 0 aromatic rings. The second-order valence-corrected chi connectivity index (χ2v) is 5.43. The first-order valence-electron chi connectivity index (χ1n) is 6.17. The van der Waals surface area contributed by atoms with E-state index < -0.39 is 0 Å². The summed E-state index contributed by atoms with van der Waals surface area (Å²) in [4.78, 5) is 23.2. The lowest BCUT2D eigenvalue weighted by molar-refractivity contribution is -0.144. The predicted molar refractivity (Wildman–Crippen MR) is 59.8 cm³/mol. The third-order valence-electron chi connectivity index (χ3n) is 4.70. The van der Waals surface area contributed by atoms with Gasteiger partial charge in [0.2, 0.25) is 0 Å². The minimum Gasteiger partial charge on any atom is -0.469 e. The van der Waals surface area contributed by atoms with Gasteiger partial charge in [0, 0.05) is 18.8 Å². The van der Waals surface area contributed by atoms with E-state index in [2.05, 4.69) is 6.92 Å². The minimum atomic E-state index is -0.134.